The molecular formula is C59H79ClN11O7PS. The molecule has 430 valence electrons. The molecule has 2 aromatic heterocycles. The highest BCUT2D eigenvalue weighted by Gasteiger charge is 2.44. The van der Waals surface area contributed by atoms with Crippen LogP contribution in [-0.4, -0.2) is 149 Å². The number of aryl methyl sites for hydroxylation is 1. The number of halogens is 1. The molecule has 0 spiro atoms. The van der Waals surface area contributed by atoms with Crippen LogP contribution in [0.3, 0.4) is 0 Å². The molecule has 21 heteroatoms. The van der Waals surface area contributed by atoms with Crippen molar-refractivity contribution in [1.29, 1.82) is 0 Å². The van der Waals surface area contributed by atoms with Gasteiger partial charge in [0.15, 0.2) is 5.82 Å². The van der Waals surface area contributed by atoms with Gasteiger partial charge < -0.3 is 50.4 Å². The van der Waals surface area contributed by atoms with Gasteiger partial charge >= 0.3 is 0 Å². The van der Waals surface area contributed by atoms with E-state index in [1.165, 1.54) is 11.1 Å². The minimum atomic E-state index is -2.57. The van der Waals surface area contributed by atoms with E-state index in [0.29, 0.717) is 58.1 Å². The van der Waals surface area contributed by atoms with Gasteiger partial charge in [-0.25, -0.2) is 9.97 Å². The van der Waals surface area contributed by atoms with Crippen LogP contribution < -0.4 is 36.2 Å². The Hall–Kier alpha value is -6.11. The van der Waals surface area contributed by atoms with Gasteiger partial charge in [0, 0.05) is 94.7 Å². The van der Waals surface area contributed by atoms with E-state index in [1.54, 1.807) is 31.8 Å². The lowest BCUT2D eigenvalue weighted by Crippen LogP contribution is -2.57. The minimum Gasteiger partial charge on any atom is -0.494 e. The summed E-state index contributed by atoms with van der Waals surface area (Å²) in [5.74, 6) is 0.629. The maximum Gasteiger partial charge on any atom is 0.246 e. The third kappa shape index (κ3) is 15.7. The molecule has 5 aromatic rings. The zero-order valence-electron chi connectivity index (χ0n) is 47.3. The van der Waals surface area contributed by atoms with Crippen LogP contribution in [0.4, 0.5) is 28.8 Å². The van der Waals surface area contributed by atoms with Crippen molar-refractivity contribution >= 4 is 87.8 Å². The molecule has 0 bridgehead atoms. The number of nitrogens with zero attached hydrogens (tertiary/aromatic N) is 7. The van der Waals surface area contributed by atoms with E-state index in [0.717, 1.165) is 105 Å². The van der Waals surface area contributed by atoms with Crippen molar-refractivity contribution < 1.29 is 33.6 Å². The number of carbonyl (C=O) groups is 4. The zero-order chi connectivity index (χ0) is 57.1. The molecular weight excluding hydrogens is 1070 g/mol. The summed E-state index contributed by atoms with van der Waals surface area (Å²) in [7, 11) is -0.927. The van der Waals surface area contributed by atoms with Crippen LogP contribution in [-0.2, 0) is 30.3 Å². The fourth-order valence-corrected chi connectivity index (χ4v) is 13.0. The molecule has 3 aromatic carbocycles. The highest BCUT2D eigenvalue weighted by molar-refractivity contribution is 7.70. The summed E-state index contributed by atoms with van der Waals surface area (Å²) in [5.41, 5.74) is 6.57. The SMILES string of the molecule is COc1cc(N2CCC(N3CCN(C(=O)CCCCCCCC(=O)NC(C(=O)N4C[C@H](O)C[C@H]4C(=O)NCc4ccc(-c5scnc5C)cc4)C(C)(C)C)CC3)CC2)ccc1Nc1ncc(Cl)c(Nc2ccccc2P(C)(C)=O)n1. The number of piperazine rings is 1. The standard InChI is InChI=1S/C59H79ClN11O7PS/c1-39-53(80-38-63-39)41-21-19-40(20-22-41)35-61-56(75)48-34-44(72)37-71(48)57(76)54(59(2,3)4)66-51(73)17-11-9-8-10-12-18-52(74)70-31-29-69(30-32-70)42-25-27-68(28-26-42)43-23-24-46(49(33-43)78-5)65-58-62-36-45(60)55(67-58)64-47-15-13-14-16-50(47)79(6,7)77/h13-16,19-24,33,36,38,42,44,48,54,72H,8-12,17-18,25-32,34-35,37H2,1-7H3,(H,61,75)(H,66,73)(H2,62,64,65,67)/t44-,48+,54?/m1/s1. The zero-order valence-corrected chi connectivity index (χ0v) is 49.8. The molecule has 8 rings (SSSR count). The Labute approximate surface area is 480 Å². The maximum absolute atomic E-state index is 14.1. The summed E-state index contributed by atoms with van der Waals surface area (Å²) in [6, 6.07) is 20.2. The van der Waals surface area contributed by atoms with Crippen molar-refractivity contribution in [1.82, 2.24) is 40.3 Å². The molecule has 1 unspecified atom stereocenters. The summed E-state index contributed by atoms with van der Waals surface area (Å²) in [4.78, 5) is 77.0. The van der Waals surface area contributed by atoms with E-state index in [2.05, 4.69) is 52.1 Å². The van der Waals surface area contributed by atoms with Crippen molar-refractivity contribution in [2.24, 2.45) is 5.41 Å². The van der Waals surface area contributed by atoms with Gasteiger partial charge in [0.1, 0.15) is 30.0 Å². The lowest BCUT2D eigenvalue weighted by molar-refractivity contribution is -0.144. The fourth-order valence-electron chi connectivity index (χ4n) is 10.9. The maximum atomic E-state index is 14.1. The van der Waals surface area contributed by atoms with Crippen LogP contribution >= 0.6 is 30.1 Å². The van der Waals surface area contributed by atoms with Gasteiger partial charge in [0.2, 0.25) is 29.6 Å². The van der Waals surface area contributed by atoms with Crippen molar-refractivity contribution in [3.05, 3.63) is 94.7 Å². The number of thiazole rings is 1. The van der Waals surface area contributed by atoms with E-state index in [4.69, 9.17) is 16.3 Å². The van der Waals surface area contributed by atoms with E-state index in [-0.39, 0.29) is 49.6 Å². The minimum absolute atomic E-state index is 0.0186. The number of likely N-dealkylation sites (tertiary alicyclic amines) is 1. The Morgan fingerprint density at radius 3 is 2.25 bits per heavy atom. The van der Waals surface area contributed by atoms with Crippen molar-refractivity contribution in [2.45, 2.75) is 123 Å². The van der Waals surface area contributed by atoms with Crippen LogP contribution in [0, 0.1) is 12.3 Å². The number of nitrogens with one attached hydrogen (secondary N) is 4. The molecule has 18 nitrogen and oxygen atoms in total. The topological polar surface area (TPSA) is 215 Å². The van der Waals surface area contributed by atoms with Crippen LogP contribution in [0.2, 0.25) is 5.02 Å². The van der Waals surface area contributed by atoms with Crippen molar-refractivity contribution in [3.63, 3.8) is 0 Å². The number of β-amino-alcohol motifs (C(OH)–C–C–N with tert-alkyl or cyclic N) is 1. The average Bonchev–Trinajstić information content (AvgIpc) is 4.07. The largest absolute Gasteiger partial charge is 0.494 e. The average molecular weight is 1150 g/mol. The Bertz CT molecular complexity index is 2990. The number of ether oxygens (including phenoxy) is 1. The van der Waals surface area contributed by atoms with Crippen LogP contribution in [0.5, 0.6) is 5.75 Å². The smallest absolute Gasteiger partial charge is 0.246 e. The van der Waals surface area contributed by atoms with E-state index in [9.17, 15) is 28.8 Å². The Morgan fingerprint density at radius 1 is 0.875 bits per heavy atom. The number of rotatable bonds is 22. The van der Waals surface area contributed by atoms with Gasteiger partial charge in [-0.05, 0) is 86.7 Å². The first-order chi connectivity index (χ1) is 38.2. The molecule has 5 N–H and O–H groups in total. The first-order valence-electron chi connectivity index (χ1n) is 28.0. The van der Waals surface area contributed by atoms with Crippen LogP contribution in [0.1, 0.15) is 96.2 Å². The molecule has 0 saturated carbocycles. The normalized spacial score (nSPS) is 17.7. The number of benzene rings is 3. The predicted molar refractivity (Wildman–Crippen MR) is 319 cm³/mol. The van der Waals surface area contributed by atoms with Gasteiger partial charge in [-0.2, -0.15) is 4.98 Å². The highest BCUT2D eigenvalue weighted by Crippen LogP contribution is 2.39. The lowest BCUT2D eigenvalue weighted by atomic mass is 9.85. The number of hydrogen-bond acceptors (Lipinski definition) is 15. The van der Waals surface area contributed by atoms with Gasteiger partial charge in [-0.3, -0.25) is 24.1 Å². The first kappa shape index (κ1) is 60.0. The second-order valence-corrected chi connectivity index (χ2v) is 27.2. The Balaban J connectivity index is 0.705. The summed E-state index contributed by atoms with van der Waals surface area (Å²) >= 11 is 8.08. The van der Waals surface area contributed by atoms with E-state index < -0.39 is 30.7 Å². The quantitative estimate of drug-likeness (QED) is 0.0323. The molecule has 0 aliphatic carbocycles. The number of aliphatic hydroxyl groups excluding tert-OH is 1. The van der Waals surface area contributed by atoms with Crippen molar-refractivity contribution in [2.75, 3.05) is 81.8 Å². The summed E-state index contributed by atoms with van der Waals surface area (Å²) < 4.78 is 18.8. The number of aromatic nitrogens is 3. The lowest BCUT2D eigenvalue weighted by Gasteiger charge is -2.43. The van der Waals surface area contributed by atoms with E-state index >= 15 is 0 Å². The number of para-hydroxylation sites is 1. The molecule has 3 aliphatic heterocycles. The molecule has 4 amide bonds. The van der Waals surface area contributed by atoms with Crippen LogP contribution in [0.15, 0.2) is 78.4 Å². The molecule has 3 aliphatic rings. The number of piperidine rings is 1. The summed E-state index contributed by atoms with van der Waals surface area (Å²) in [5, 5.41) is 24.1. The predicted octanol–water partition coefficient (Wildman–Crippen LogP) is 8.96. The number of aliphatic hydroxyl groups is 1. The molecule has 3 fully saturated rings. The second-order valence-electron chi connectivity index (χ2n) is 22.7. The van der Waals surface area contributed by atoms with Gasteiger partial charge in [-0.1, -0.05) is 88.0 Å². The third-order valence-corrected chi connectivity index (χ3v) is 18.2. The third-order valence-electron chi connectivity index (χ3n) is 15.4. The monoisotopic (exact) mass is 1150 g/mol. The summed E-state index contributed by atoms with van der Waals surface area (Å²) in [6.07, 6.45) is 7.71. The van der Waals surface area contributed by atoms with Gasteiger partial charge in [0.25, 0.3) is 0 Å². The highest BCUT2D eigenvalue weighted by atomic mass is 35.5. The van der Waals surface area contributed by atoms with Crippen molar-refractivity contribution in [3.8, 4) is 16.2 Å². The molecule has 3 saturated heterocycles. The fraction of sp³-hybridized carbons (Fsp3) is 0.508. The van der Waals surface area contributed by atoms with Crippen LogP contribution in [0.25, 0.3) is 10.4 Å². The number of anilines is 5. The van der Waals surface area contributed by atoms with Gasteiger partial charge in [0.05, 0.1) is 46.9 Å². The second kappa shape index (κ2) is 27.1. The van der Waals surface area contributed by atoms with Gasteiger partial charge in [-0.15, -0.1) is 11.3 Å². The Kier molecular flexibility index (Phi) is 20.3. The number of hydrogen-bond donors (Lipinski definition) is 5. The first-order valence-corrected chi connectivity index (χ1v) is 31.8. The number of methoxy groups -OCH3 is 1. The summed E-state index contributed by atoms with van der Waals surface area (Å²) in [6.45, 7) is 16.4. The molecule has 0 radical (unpaired) electrons. The molecule has 80 heavy (non-hydrogen) atoms. The number of unbranched alkanes of at least 4 members (excludes halogenated alkanes) is 4. The van der Waals surface area contributed by atoms with E-state index in [1.807, 2.05) is 98.8 Å². The molecule has 3 atom stereocenters. The molecule has 5 heterocycles. The number of carbonyl (C=O) groups excluding carboxylic acids is 4. The Morgan fingerprint density at radius 2 is 1.57 bits per heavy atom. The number of amides is 4.